The number of morpholine rings is 1. The van der Waals surface area contributed by atoms with Crippen LogP contribution in [0.5, 0.6) is 0 Å². The van der Waals surface area contributed by atoms with Gasteiger partial charge in [0.15, 0.2) is 0 Å². The van der Waals surface area contributed by atoms with Gasteiger partial charge in [0.05, 0.1) is 31.8 Å². The van der Waals surface area contributed by atoms with E-state index < -0.39 is 0 Å². The minimum Gasteiger partial charge on any atom is -0.378 e. The molecule has 2 N–H and O–H groups in total. The summed E-state index contributed by atoms with van der Waals surface area (Å²) in [6.45, 7) is 2.60. The van der Waals surface area contributed by atoms with E-state index in [1.165, 1.54) is 25.7 Å². The van der Waals surface area contributed by atoms with Gasteiger partial charge in [-0.3, -0.25) is 9.69 Å². The Bertz CT molecular complexity index is 428. The zero-order valence-corrected chi connectivity index (χ0v) is 11.7. The monoisotopic (exact) mass is 278 g/mol. The van der Waals surface area contributed by atoms with Crippen LogP contribution in [0.3, 0.4) is 0 Å². The molecule has 1 atom stereocenters. The first-order valence-electron chi connectivity index (χ1n) is 7.43. The van der Waals surface area contributed by atoms with E-state index in [1.54, 1.807) is 12.5 Å². The van der Waals surface area contributed by atoms with Crippen molar-refractivity contribution in [1.82, 2.24) is 20.2 Å². The van der Waals surface area contributed by atoms with Crippen LogP contribution in [0.4, 0.5) is 0 Å². The molecule has 1 unspecified atom stereocenters. The fraction of sp³-hybridized carbons (Fsp3) is 0.714. The Morgan fingerprint density at radius 3 is 3.10 bits per heavy atom. The quantitative estimate of drug-likeness (QED) is 0.849. The van der Waals surface area contributed by atoms with Crippen LogP contribution >= 0.6 is 0 Å². The summed E-state index contributed by atoms with van der Waals surface area (Å²) in [5, 5.41) is 2.98. The molecule has 1 aliphatic carbocycles. The maximum atomic E-state index is 12.4. The predicted molar refractivity (Wildman–Crippen MR) is 74.0 cm³/mol. The van der Waals surface area contributed by atoms with E-state index in [0.717, 1.165) is 18.8 Å². The molecule has 1 aromatic heterocycles. The van der Waals surface area contributed by atoms with Crippen molar-refractivity contribution in [2.75, 3.05) is 19.8 Å². The molecule has 0 aromatic carbocycles. The number of hydrogen-bond acceptors (Lipinski definition) is 4. The van der Waals surface area contributed by atoms with E-state index in [4.69, 9.17) is 4.74 Å². The highest BCUT2D eigenvalue weighted by Crippen LogP contribution is 2.26. The number of carbonyl (C=O) groups excluding carboxylic acids is 1. The summed E-state index contributed by atoms with van der Waals surface area (Å²) < 4.78 is 5.51. The zero-order chi connectivity index (χ0) is 13.8. The van der Waals surface area contributed by atoms with E-state index in [-0.39, 0.29) is 11.9 Å². The van der Waals surface area contributed by atoms with Crippen molar-refractivity contribution < 1.29 is 9.53 Å². The molecule has 6 heteroatoms. The largest absolute Gasteiger partial charge is 0.378 e. The van der Waals surface area contributed by atoms with E-state index in [0.29, 0.717) is 19.2 Å². The van der Waals surface area contributed by atoms with Crippen molar-refractivity contribution in [3.63, 3.8) is 0 Å². The smallest absolute Gasteiger partial charge is 0.240 e. The zero-order valence-electron chi connectivity index (χ0n) is 11.7. The highest BCUT2D eigenvalue weighted by atomic mass is 16.5. The van der Waals surface area contributed by atoms with Crippen LogP contribution in [-0.2, 0) is 16.1 Å². The number of H-pyrrole nitrogens is 1. The molecule has 2 heterocycles. The normalized spacial score (nSPS) is 24.9. The molecule has 0 radical (unpaired) electrons. The second-order valence-corrected chi connectivity index (χ2v) is 5.56. The van der Waals surface area contributed by atoms with Crippen LogP contribution in [0, 0.1) is 0 Å². The van der Waals surface area contributed by atoms with Crippen molar-refractivity contribution in [1.29, 1.82) is 0 Å². The summed E-state index contributed by atoms with van der Waals surface area (Å²) >= 11 is 0. The van der Waals surface area contributed by atoms with Crippen LogP contribution in [-0.4, -0.2) is 52.6 Å². The molecule has 1 saturated heterocycles. The summed E-state index contributed by atoms with van der Waals surface area (Å²) in [6.07, 6.45) is 8.34. The van der Waals surface area contributed by atoms with Crippen molar-refractivity contribution in [2.24, 2.45) is 0 Å². The molecule has 1 amide bonds. The first kappa shape index (κ1) is 13.6. The van der Waals surface area contributed by atoms with Gasteiger partial charge in [-0.05, 0) is 12.8 Å². The van der Waals surface area contributed by atoms with Gasteiger partial charge in [0, 0.05) is 18.8 Å². The number of imidazole rings is 1. The Labute approximate surface area is 118 Å². The Kier molecular flexibility index (Phi) is 4.32. The summed E-state index contributed by atoms with van der Waals surface area (Å²) in [4.78, 5) is 21.7. The number of amides is 1. The average molecular weight is 278 g/mol. The number of hydrogen-bond donors (Lipinski definition) is 2. The Hall–Kier alpha value is -1.40. The second kappa shape index (κ2) is 6.37. The lowest BCUT2D eigenvalue weighted by Crippen LogP contribution is -2.56. The van der Waals surface area contributed by atoms with Gasteiger partial charge in [0.1, 0.15) is 6.04 Å². The number of aromatic amines is 1. The van der Waals surface area contributed by atoms with Crippen LogP contribution in [0.1, 0.15) is 31.4 Å². The average Bonchev–Trinajstić information content (AvgIpc) is 3.18. The van der Waals surface area contributed by atoms with E-state index in [2.05, 4.69) is 20.2 Å². The molecule has 0 bridgehead atoms. The summed E-state index contributed by atoms with van der Waals surface area (Å²) in [5.41, 5.74) is 0.919. The van der Waals surface area contributed by atoms with Gasteiger partial charge in [-0.15, -0.1) is 0 Å². The van der Waals surface area contributed by atoms with Crippen molar-refractivity contribution in [2.45, 2.75) is 44.3 Å². The number of ether oxygens (including phenoxy) is 1. The maximum absolute atomic E-state index is 12.4. The molecule has 1 aromatic rings. The summed E-state index contributed by atoms with van der Waals surface area (Å²) in [7, 11) is 0. The third kappa shape index (κ3) is 3.02. The minimum atomic E-state index is -0.144. The van der Waals surface area contributed by atoms with Gasteiger partial charge < -0.3 is 15.0 Å². The summed E-state index contributed by atoms with van der Waals surface area (Å²) in [6, 6.07) is 0.413. The first-order valence-corrected chi connectivity index (χ1v) is 7.43. The predicted octanol–water partition coefficient (Wildman–Crippen LogP) is 0.669. The number of nitrogens with one attached hydrogen (secondary N) is 2. The molecule has 6 nitrogen and oxygen atoms in total. The Balaban J connectivity index is 1.58. The third-order valence-electron chi connectivity index (χ3n) is 4.27. The van der Waals surface area contributed by atoms with E-state index >= 15 is 0 Å². The van der Waals surface area contributed by atoms with Gasteiger partial charge in [-0.1, -0.05) is 12.8 Å². The van der Waals surface area contributed by atoms with Crippen LogP contribution in [0.15, 0.2) is 12.5 Å². The number of rotatable bonds is 4. The van der Waals surface area contributed by atoms with Crippen molar-refractivity contribution in [3.8, 4) is 0 Å². The van der Waals surface area contributed by atoms with Crippen LogP contribution in [0.2, 0.25) is 0 Å². The fourth-order valence-electron chi connectivity index (χ4n) is 3.20. The van der Waals surface area contributed by atoms with E-state index in [1.807, 2.05) is 0 Å². The van der Waals surface area contributed by atoms with Gasteiger partial charge in [0.25, 0.3) is 0 Å². The Morgan fingerprint density at radius 1 is 1.50 bits per heavy atom. The van der Waals surface area contributed by atoms with Gasteiger partial charge in [-0.2, -0.15) is 0 Å². The highest BCUT2D eigenvalue weighted by molar-refractivity contribution is 5.82. The third-order valence-corrected chi connectivity index (χ3v) is 4.27. The molecular formula is C14H22N4O2. The molecule has 1 saturated carbocycles. The fourth-order valence-corrected chi connectivity index (χ4v) is 3.20. The molecule has 2 aliphatic rings. The van der Waals surface area contributed by atoms with Gasteiger partial charge in [0.2, 0.25) is 5.91 Å². The van der Waals surface area contributed by atoms with Crippen molar-refractivity contribution in [3.05, 3.63) is 18.2 Å². The highest BCUT2D eigenvalue weighted by Gasteiger charge is 2.35. The molecule has 20 heavy (non-hydrogen) atoms. The number of carbonyl (C=O) groups is 1. The van der Waals surface area contributed by atoms with E-state index in [9.17, 15) is 4.79 Å². The Morgan fingerprint density at radius 2 is 2.35 bits per heavy atom. The maximum Gasteiger partial charge on any atom is 0.240 e. The minimum absolute atomic E-state index is 0.0613. The molecule has 2 fully saturated rings. The van der Waals surface area contributed by atoms with Crippen LogP contribution in [0.25, 0.3) is 0 Å². The molecular weight excluding hydrogens is 256 g/mol. The van der Waals surface area contributed by atoms with Gasteiger partial charge in [-0.25, -0.2) is 4.98 Å². The second-order valence-electron chi connectivity index (χ2n) is 5.56. The van der Waals surface area contributed by atoms with Crippen LogP contribution < -0.4 is 5.32 Å². The first-order chi connectivity index (χ1) is 9.84. The topological polar surface area (TPSA) is 70.2 Å². The number of nitrogens with zero attached hydrogens (tertiary/aromatic N) is 2. The lowest BCUT2D eigenvalue weighted by molar-refractivity contribution is -0.134. The van der Waals surface area contributed by atoms with Crippen molar-refractivity contribution >= 4 is 5.91 Å². The number of aromatic nitrogens is 2. The SMILES string of the molecule is O=C(NCc1cnc[nH]1)C1COCCN1C1CCCC1. The molecule has 110 valence electrons. The lowest BCUT2D eigenvalue weighted by atomic mass is 10.1. The standard InChI is InChI=1S/C14H22N4O2/c19-14(16-8-11-7-15-10-17-11)13-9-20-6-5-18(13)12-3-1-2-4-12/h7,10,12-13H,1-6,8-9H2,(H,15,17)(H,16,19). The molecule has 3 rings (SSSR count). The molecule has 1 aliphatic heterocycles. The molecule has 0 spiro atoms. The summed E-state index contributed by atoms with van der Waals surface area (Å²) in [5.74, 6) is 0.0613. The lowest BCUT2D eigenvalue weighted by Gasteiger charge is -2.38. The van der Waals surface area contributed by atoms with Gasteiger partial charge >= 0.3 is 0 Å².